The number of hydrogen-bond donors (Lipinski definition) is 1. The average Bonchev–Trinajstić information content (AvgIpc) is 2.47. The van der Waals surface area contributed by atoms with Gasteiger partial charge in [-0.3, -0.25) is 0 Å². The standard InChI is InChI=1S/C16H26N2O/c1-3-19-16-7-5-4-6-15(16)18-12-9-14(10-13-18)8-11-17-2/h4-7,14,17H,3,8-13H2,1-2H3. The van der Waals surface area contributed by atoms with E-state index < -0.39 is 0 Å². The highest BCUT2D eigenvalue weighted by Gasteiger charge is 2.20. The van der Waals surface area contributed by atoms with Crippen molar-refractivity contribution in [2.75, 3.05) is 38.2 Å². The third-order valence-corrected chi connectivity index (χ3v) is 3.92. The molecule has 1 aliphatic rings. The largest absolute Gasteiger partial charge is 0.492 e. The van der Waals surface area contributed by atoms with Gasteiger partial charge in [0.15, 0.2) is 0 Å². The number of hydrogen-bond acceptors (Lipinski definition) is 3. The van der Waals surface area contributed by atoms with E-state index in [0.717, 1.165) is 37.9 Å². The van der Waals surface area contributed by atoms with Gasteiger partial charge in [0.25, 0.3) is 0 Å². The molecule has 0 atom stereocenters. The molecule has 1 aromatic rings. The van der Waals surface area contributed by atoms with Crippen molar-refractivity contribution in [3.63, 3.8) is 0 Å². The number of nitrogens with one attached hydrogen (secondary N) is 1. The molecule has 0 bridgehead atoms. The van der Waals surface area contributed by atoms with Crippen LogP contribution in [0.2, 0.25) is 0 Å². The van der Waals surface area contributed by atoms with Crippen LogP contribution in [-0.2, 0) is 0 Å². The van der Waals surface area contributed by atoms with Crippen LogP contribution < -0.4 is 15.0 Å². The number of para-hydroxylation sites is 2. The monoisotopic (exact) mass is 262 g/mol. The first-order valence-electron chi connectivity index (χ1n) is 7.46. The van der Waals surface area contributed by atoms with Crippen LogP contribution in [-0.4, -0.2) is 33.3 Å². The minimum Gasteiger partial charge on any atom is -0.492 e. The second-order valence-electron chi connectivity index (χ2n) is 5.22. The Balaban J connectivity index is 1.93. The lowest BCUT2D eigenvalue weighted by Gasteiger charge is -2.34. The van der Waals surface area contributed by atoms with Crippen LogP contribution in [0.4, 0.5) is 5.69 Å². The van der Waals surface area contributed by atoms with Crippen molar-refractivity contribution in [2.24, 2.45) is 5.92 Å². The molecule has 1 aliphatic heterocycles. The summed E-state index contributed by atoms with van der Waals surface area (Å²) in [6.07, 6.45) is 3.89. The quantitative estimate of drug-likeness (QED) is 0.853. The second kappa shape index (κ2) is 7.39. The summed E-state index contributed by atoms with van der Waals surface area (Å²) < 4.78 is 5.73. The van der Waals surface area contributed by atoms with Gasteiger partial charge in [0.05, 0.1) is 12.3 Å². The van der Waals surface area contributed by atoms with E-state index in [1.54, 1.807) is 0 Å². The highest BCUT2D eigenvalue weighted by Crippen LogP contribution is 2.32. The molecule has 0 amide bonds. The van der Waals surface area contributed by atoms with Gasteiger partial charge in [0, 0.05) is 13.1 Å². The van der Waals surface area contributed by atoms with Gasteiger partial charge in [-0.2, -0.15) is 0 Å². The van der Waals surface area contributed by atoms with E-state index in [1.165, 1.54) is 24.9 Å². The zero-order valence-electron chi connectivity index (χ0n) is 12.2. The van der Waals surface area contributed by atoms with Gasteiger partial charge in [0.2, 0.25) is 0 Å². The van der Waals surface area contributed by atoms with E-state index in [0.29, 0.717) is 0 Å². The van der Waals surface area contributed by atoms with Crippen LogP contribution in [0, 0.1) is 5.92 Å². The Morgan fingerprint density at radius 2 is 2.00 bits per heavy atom. The van der Waals surface area contributed by atoms with Gasteiger partial charge in [0.1, 0.15) is 5.75 Å². The van der Waals surface area contributed by atoms with E-state index in [2.05, 4.69) is 28.4 Å². The summed E-state index contributed by atoms with van der Waals surface area (Å²) in [5.74, 6) is 1.90. The summed E-state index contributed by atoms with van der Waals surface area (Å²) in [6.45, 7) is 6.22. The van der Waals surface area contributed by atoms with E-state index in [-0.39, 0.29) is 0 Å². The van der Waals surface area contributed by atoms with Crippen molar-refractivity contribution < 1.29 is 4.74 Å². The lowest BCUT2D eigenvalue weighted by Crippen LogP contribution is -2.34. The van der Waals surface area contributed by atoms with E-state index >= 15 is 0 Å². The minimum absolute atomic E-state index is 0.732. The normalized spacial score (nSPS) is 16.6. The third kappa shape index (κ3) is 3.87. The molecule has 1 heterocycles. The maximum atomic E-state index is 5.73. The number of rotatable bonds is 6. The number of ether oxygens (including phenoxy) is 1. The molecule has 1 fully saturated rings. The smallest absolute Gasteiger partial charge is 0.142 e. The maximum Gasteiger partial charge on any atom is 0.142 e. The van der Waals surface area contributed by atoms with E-state index in [1.807, 2.05) is 20.0 Å². The fraction of sp³-hybridized carbons (Fsp3) is 0.625. The van der Waals surface area contributed by atoms with Gasteiger partial charge in [-0.1, -0.05) is 12.1 Å². The van der Waals surface area contributed by atoms with E-state index in [9.17, 15) is 0 Å². The molecule has 1 aromatic carbocycles. The molecule has 106 valence electrons. The fourth-order valence-corrected chi connectivity index (χ4v) is 2.81. The van der Waals surface area contributed by atoms with Crippen LogP contribution in [0.15, 0.2) is 24.3 Å². The molecule has 3 heteroatoms. The summed E-state index contributed by atoms with van der Waals surface area (Å²) in [5.41, 5.74) is 1.26. The van der Waals surface area contributed by atoms with Gasteiger partial charge >= 0.3 is 0 Å². The summed E-state index contributed by atoms with van der Waals surface area (Å²) in [4.78, 5) is 2.47. The van der Waals surface area contributed by atoms with Crippen LogP contribution in [0.1, 0.15) is 26.2 Å². The summed E-state index contributed by atoms with van der Waals surface area (Å²) in [5, 5.41) is 3.25. The summed E-state index contributed by atoms with van der Waals surface area (Å²) >= 11 is 0. The van der Waals surface area contributed by atoms with Gasteiger partial charge in [-0.15, -0.1) is 0 Å². The number of benzene rings is 1. The van der Waals surface area contributed by atoms with E-state index in [4.69, 9.17) is 4.74 Å². The minimum atomic E-state index is 0.732. The van der Waals surface area contributed by atoms with Crippen molar-refractivity contribution in [1.29, 1.82) is 0 Å². The topological polar surface area (TPSA) is 24.5 Å². The molecule has 0 spiro atoms. The Kier molecular flexibility index (Phi) is 5.52. The maximum absolute atomic E-state index is 5.73. The number of piperidine rings is 1. The van der Waals surface area contributed by atoms with Gasteiger partial charge < -0.3 is 15.0 Å². The molecule has 0 saturated carbocycles. The van der Waals surface area contributed by atoms with Crippen LogP contribution in [0.5, 0.6) is 5.75 Å². The molecule has 1 saturated heterocycles. The van der Waals surface area contributed by atoms with Crippen molar-refractivity contribution in [1.82, 2.24) is 5.32 Å². The molecule has 0 unspecified atom stereocenters. The van der Waals surface area contributed by atoms with Gasteiger partial charge in [-0.05, 0) is 57.8 Å². The molecular formula is C16H26N2O. The zero-order valence-corrected chi connectivity index (χ0v) is 12.2. The lowest BCUT2D eigenvalue weighted by atomic mass is 9.93. The molecular weight excluding hydrogens is 236 g/mol. The van der Waals surface area contributed by atoms with Crippen molar-refractivity contribution >= 4 is 5.69 Å². The highest BCUT2D eigenvalue weighted by molar-refractivity contribution is 5.58. The molecule has 0 radical (unpaired) electrons. The first kappa shape index (κ1) is 14.2. The lowest BCUT2D eigenvalue weighted by molar-refractivity contribution is 0.335. The van der Waals surface area contributed by atoms with Crippen LogP contribution >= 0.6 is 0 Å². The first-order valence-corrected chi connectivity index (χ1v) is 7.46. The second-order valence-corrected chi connectivity index (χ2v) is 5.22. The third-order valence-electron chi connectivity index (χ3n) is 3.92. The molecule has 0 aliphatic carbocycles. The number of nitrogens with zero attached hydrogens (tertiary/aromatic N) is 1. The zero-order chi connectivity index (χ0) is 13.5. The Bertz CT molecular complexity index is 373. The van der Waals surface area contributed by atoms with Crippen LogP contribution in [0.25, 0.3) is 0 Å². The number of anilines is 1. The van der Waals surface area contributed by atoms with Crippen molar-refractivity contribution in [2.45, 2.75) is 26.2 Å². The predicted molar refractivity (Wildman–Crippen MR) is 81.1 cm³/mol. The molecule has 3 nitrogen and oxygen atoms in total. The predicted octanol–water partition coefficient (Wildman–Crippen LogP) is 2.91. The summed E-state index contributed by atoms with van der Waals surface area (Å²) in [7, 11) is 2.04. The Hall–Kier alpha value is -1.22. The van der Waals surface area contributed by atoms with Gasteiger partial charge in [-0.25, -0.2) is 0 Å². The van der Waals surface area contributed by atoms with Crippen LogP contribution in [0.3, 0.4) is 0 Å². The Labute approximate surface area is 116 Å². The molecule has 1 N–H and O–H groups in total. The van der Waals surface area contributed by atoms with Crippen molar-refractivity contribution in [3.05, 3.63) is 24.3 Å². The first-order chi connectivity index (χ1) is 9.35. The van der Waals surface area contributed by atoms with Crippen molar-refractivity contribution in [3.8, 4) is 5.75 Å². The summed E-state index contributed by atoms with van der Waals surface area (Å²) in [6, 6.07) is 8.41. The molecule has 19 heavy (non-hydrogen) atoms. The fourth-order valence-electron chi connectivity index (χ4n) is 2.81. The Morgan fingerprint density at radius 3 is 2.68 bits per heavy atom. The SMILES string of the molecule is CCOc1ccccc1N1CCC(CCNC)CC1. The average molecular weight is 262 g/mol. The highest BCUT2D eigenvalue weighted by atomic mass is 16.5. The Morgan fingerprint density at radius 1 is 1.26 bits per heavy atom. The molecule has 2 rings (SSSR count). The molecule has 0 aromatic heterocycles.